The van der Waals surface area contributed by atoms with Crippen LogP contribution in [0.1, 0.15) is 53.9 Å². The molecule has 0 bridgehead atoms. The molecule has 0 heterocycles. The summed E-state index contributed by atoms with van der Waals surface area (Å²) in [6, 6.07) is 0. The van der Waals surface area contributed by atoms with E-state index in [1.807, 2.05) is 0 Å². The molecule has 132 valence electrons. The Labute approximate surface area is 136 Å². The third kappa shape index (κ3) is 10.4. The second-order valence-corrected chi connectivity index (χ2v) is 6.03. The third-order valence-electron chi connectivity index (χ3n) is 2.68. The number of rotatable bonds is 9. The maximum absolute atomic E-state index is 12.1. The average Bonchev–Trinajstić information content (AvgIpc) is 2.39. The highest BCUT2D eigenvalue weighted by Gasteiger charge is 2.31. The van der Waals surface area contributed by atoms with Gasteiger partial charge in [0.1, 0.15) is 11.5 Å². The fraction of sp³-hybridized carbons (Fsp3) is 0.750. The predicted octanol–water partition coefficient (Wildman–Crippen LogP) is 1.81. The maximum atomic E-state index is 12.1. The molecule has 1 atom stereocenters. The van der Waals surface area contributed by atoms with Crippen LogP contribution in [0.3, 0.4) is 0 Å². The number of hydrogen-bond acceptors (Lipinski definition) is 7. The lowest BCUT2D eigenvalue weighted by Gasteiger charge is -2.23. The van der Waals surface area contributed by atoms with Crippen molar-refractivity contribution in [1.82, 2.24) is 0 Å². The molecule has 1 unspecified atom stereocenters. The summed E-state index contributed by atoms with van der Waals surface area (Å²) in [5.41, 5.74) is -0.738. The van der Waals surface area contributed by atoms with Crippen molar-refractivity contribution in [3.8, 4) is 0 Å². The Morgan fingerprint density at radius 3 is 2.13 bits per heavy atom. The lowest BCUT2D eigenvalue weighted by molar-refractivity contribution is -0.165. The summed E-state index contributed by atoms with van der Waals surface area (Å²) in [5, 5.41) is 0. The van der Waals surface area contributed by atoms with Gasteiger partial charge < -0.3 is 14.2 Å². The first-order valence-electron chi connectivity index (χ1n) is 7.61. The topological polar surface area (TPSA) is 96.0 Å². The molecular formula is C16H26O7. The summed E-state index contributed by atoms with van der Waals surface area (Å²) < 4.78 is 14.7. The normalized spacial score (nSPS) is 12.2. The minimum Gasteiger partial charge on any atom is -0.466 e. The maximum Gasteiger partial charge on any atom is 0.317 e. The van der Waals surface area contributed by atoms with E-state index >= 15 is 0 Å². The van der Waals surface area contributed by atoms with Gasteiger partial charge in [-0.15, -0.1) is 0 Å². The first kappa shape index (κ1) is 21.1. The Morgan fingerprint density at radius 1 is 1.04 bits per heavy atom. The summed E-state index contributed by atoms with van der Waals surface area (Å²) in [5.74, 6) is -3.28. The minimum atomic E-state index is -1.07. The lowest BCUT2D eigenvalue weighted by atomic mass is 9.97. The molecule has 0 spiro atoms. The van der Waals surface area contributed by atoms with Gasteiger partial charge in [0, 0.05) is 13.3 Å². The van der Waals surface area contributed by atoms with Gasteiger partial charge in [0.25, 0.3) is 0 Å². The van der Waals surface area contributed by atoms with E-state index in [1.54, 1.807) is 27.7 Å². The van der Waals surface area contributed by atoms with Gasteiger partial charge in [-0.25, -0.2) is 0 Å². The summed E-state index contributed by atoms with van der Waals surface area (Å²) in [7, 11) is 0. The van der Waals surface area contributed by atoms with E-state index in [-0.39, 0.29) is 25.4 Å². The van der Waals surface area contributed by atoms with Crippen molar-refractivity contribution < 1.29 is 33.4 Å². The van der Waals surface area contributed by atoms with Gasteiger partial charge in [0.15, 0.2) is 12.4 Å². The Kier molecular flexibility index (Phi) is 9.14. The molecule has 0 aromatic carbocycles. The highest BCUT2D eigenvalue weighted by atomic mass is 16.6. The van der Waals surface area contributed by atoms with Gasteiger partial charge in [-0.3, -0.25) is 19.2 Å². The van der Waals surface area contributed by atoms with Gasteiger partial charge in [-0.1, -0.05) is 0 Å². The zero-order chi connectivity index (χ0) is 18.0. The molecule has 7 heteroatoms. The van der Waals surface area contributed by atoms with E-state index < -0.39 is 35.8 Å². The van der Waals surface area contributed by atoms with Crippen LogP contribution < -0.4 is 0 Å². The number of ketones is 1. The third-order valence-corrected chi connectivity index (χ3v) is 2.68. The number of carbonyl (C=O) groups excluding carboxylic acids is 4. The van der Waals surface area contributed by atoms with Crippen LogP contribution in [0.25, 0.3) is 0 Å². The zero-order valence-electron chi connectivity index (χ0n) is 14.5. The van der Waals surface area contributed by atoms with E-state index in [2.05, 4.69) is 4.74 Å². The summed E-state index contributed by atoms with van der Waals surface area (Å²) in [6.45, 7) is 7.74. The fourth-order valence-electron chi connectivity index (χ4n) is 1.74. The summed E-state index contributed by atoms with van der Waals surface area (Å²) >= 11 is 0. The highest BCUT2D eigenvalue weighted by molar-refractivity contribution is 6.00. The number of esters is 3. The van der Waals surface area contributed by atoms with E-state index in [0.29, 0.717) is 6.42 Å². The van der Waals surface area contributed by atoms with Crippen LogP contribution in [0.2, 0.25) is 0 Å². The molecule has 0 saturated carbocycles. The standard InChI is InChI=1S/C16H26O7/c1-6-21-14(19)9-7-8-12(13(18)10-22-11(2)17)15(20)23-16(3,4)5/h12H,6-10H2,1-5H3. The molecule has 0 aliphatic heterocycles. The Hall–Kier alpha value is -1.92. The SMILES string of the molecule is CCOC(=O)CCCC(C(=O)COC(C)=O)C(=O)OC(C)(C)C. The van der Waals surface area contributed by atoms with Crippen molar-refractivity contribution in [3.63, 3.8) is 0 Å². The van der Waals surface area contributed by atoms with Gasteiger partial charge >= 0.3 is 17.9 Å². The van der Waals surface area contributed by atoms with Crippen molar-refractivity contribution in [2.75, 3.05) is 13.2 Å². The molecule has 7 nitrogen and oxygen atoms in total. The molecule has 0 aromatic heterocycles. The molecule has 0 amide bonds. The van der Waals surface area contributed by atoms with Crippen LogP contribution >= 0.6 is 0 Å². The molecule has 0 rings (SSSR count). The summed E-state index contributed by atoms with van der Waals surface area (Å²) in [4.78, 5) is 46.3. The van der Waals surface area contributed by atoms with E-state index in [1.165, 1.54) is 6.92 Å². The summed E-state index contributed by atoms with van der Waals surface area (Å²) in [6.07, 6.45) is 0.538. The Bertz CT molecular complexity index is 434. The van der Waals surface area contributed by atoms with Gasteiger partial charge in [-0.05, 0) is 40.5 Å². The van der Waals surface area contributed by atoms with Crippen molar-refractivity contribution in [2.24, 2.45) is 5.92 Å². The van der Waals surface area contributed by atoms with Crippen LogP contribution in [-0.2, 0) is 33.4 Å². The van der Waals surface area contributed by atoms with Crippen LogP contribution in [-0.4, -0.2) is 42.5 Å². The van der Waals surface area contributed by atoms with Gasteiger partial charge in [0.2, 0.25) is 0 Å². The molecule has 0 N–H and O–H groups in total. The van der Waals surface area contributed by atoms with Crippen molar-refractivity contribution in [2.45, 2.75) is 59.5 Å². The van der Waals surface area contributed by atoms with Crippen LogP contribution in [0, 0.1) is 5.92 Å². The number of carbonyl (C=O) groups is 4. The average molecular weight is 330 g/mol. The molecule has 0 saturated heterocycles. The molecule has 0 aromatic rings. The van der Waals surface area contributed by atoms with Crippen LogP contribution in [0.15, 0.2) is 0 Å². The molecule has 23 heavy (non-hydrogen) atoms. The van der Waals surface area contributed by atoms with Crippen LogP contribution in [0.5, 0.6) is 0 Å². The van der Waals surface area contributed by atoms with Gasteiger partial charge in [-0.2, -0.15) is 0 Å². The van der Waals surface area contributed by atoms with E-state index in [0.717, 1.165) is 0 Å². The van der Waals surface area contributed by atoms with E-state index in [9.17, 15) is 19.2 Å². The zero-order valence-corrected chi connectivity index (χ0v) is 14.5. The van der Waals surface area contributed by atoms with Crippen molar-refractivity contribution >= 4 is 23.7 Å². The largest absolute Gasteiger partial charge is 0.466 e. The first-order chi connectivity index (χ1) is 10.6. The Morgan fingerprint density at radius 2 is 1.65 bits per heavy atom. The number of hydrogen-bond donors (Lipinski definition) is 0. The molecule has 0 aliphatic rings. The Balaban J connectivity index is 4.72. The monoisotopic (exact) mass is 330 g/mol. The quantitative estimate of drug-likeness (QED) is 0.361. The molecule has 0 aliphatic carbocycles. The highest BCUT2D eigenvalue weighted by Crippen LogP contribution is 2.17. The van der Waals surface area contributed by atoms with E-state index in [4.69, 9.17) is 9.47 Å². The lowest BCUT2D eigenvalue weighted by Crippen LogP contribution is -2.34. The smallest absolute Gasteiger partial charge is 0.317 e. The van der Waals surface area contributed by atoms with Gasteiger partial charge in [0.05, 0.1) is 6.61 Å². The van der Waals surface area contributed by atoms with Crippen molar-refractivity contribution in [1.29, 1.82) is 0 Å². The fourth-order valence-corrected chi connectivity index (χ4v) is 1.74. The predicted molar refractivity (Wildman–Crippen MR) is 81.5 cm³/mol. The number of ether oxygens (including phenoxy) is 3. The second-order valence-electron chi connectivity index (χ2n) is 6.03. The minimum absolute atomic E-state index is 0.105. The molecule has 0 fully saturated rings. The number of Topliss-reactive ketones (excluding diaryl/α,β-unsaturated/α-hetero) is 1. The van der Waals surface area contributed by atoms with Crippen molar-refractivity contribution in [3.05, 3.63) is 0 Å². The molecule has 0 radical (unpaired) electrons. The van der Waals surface area contributed by atoms with Crippen LogP contribution in [0.4, 0.5) is 0 Å². The molecular weight excluding hydrogens is 304 g/mol. The second kappa shape index (κ2) is 9.97. The first-order valence-corrected chi connectivity index (χ1v) is 7.61.